The van der Waals surface area contributed by atoms with Crippen molar-refractivity contribution in [3.63, 3.8) is 0 Å². The van der Waals surface area contributed by atoms with Gasteiger partial charge in [-0.05, 0) is 30.4 Å². The highest BCUT2D eigenvalue weighted by atomic mass is 16.2. The first kappa shape index (κ1) is 19.4. The minimum Gasteiger partial charge on any atom is -0.368 e. The number of hydrogen-bond acceptors (Lipinski definition) is 4. The number of nitrogens with two attached hydrogens (primary N) is 1. The summed E-state index contributed by atoms with van der Waals surface area (Å²) >= 11 is 0. The van der Waals surface area contributed by atoms with Crippen LogP contribution < -0.4 is 11.1 Å². The van der Waals surface area contributed by atoms with Gasteiger partial charge in [-0.15, -0.1) is 0 Å². The summed E-state index contributed by atoms with van der Waals surface area (Å²) < 4.78 is 0. The number of imide groups is 1. The number of urea groups is 1. The summed E-state index contributed by atoms with van der Waals surface area (Å²) in [6.07, 6.45) is 4.15. The molecule has 8 nitrogen and oxygen atoms in total. The third-order valence-corrected chi connectivity index (χ3v) is 6.37. The van der Waals surface area contributed by atoms with E-state index in [0.717, 1.165) is 24.0 Å². The number of nitrogens with one attached hydrogen (secondary N) is 1. The van der Waals surface area contributed by atoms with Crippen molar-refractivity contribution in [2.24, 2.45) is 5.73 Å². The number of fused-ring (bicyclic) bond motifs is 1. The third-order valence-electron chi connectivity index (χ3n) is 6.37. The van der Waals surface area contributed by atoms with E-state index in [-0.39, 0.29) is 30.8 Å². The van der Waals surface area contributed by atoms with Gasteiger partial charge in [-0.2, -0.15) is 0 Å². The summed E-state index contributed by atoms with van der Waals surface area (Å²) in [7, 11) is 0. The molecule has 2 aliphatic heterocycles. The minimum absolute atomic E-state index is 0.149. The molecular formula is C21H26N4O4. The molecule has 0 bridgehead atoms. The fourth-order valence-corrected chi connectivity index (χ4v) is 4.77. The highest BCUT2D eigenvalue weighted by molar-refractivity contribution is 6.07. The molecule has 2 fully saturated rings. The maximum atomic E-state index is 12.8. The third kappa shape index (κ3) is 3.47. The Morgan fingerprint density at radius 1 is 1.14 bits per heavy atom. The highest BCUT2D eigenvalue weighted by Crippen LogP contribution is 2.35. The van der Waals surface area contributed by atoms with E-state index in [1.54, 1.807) is 0 Å². The Balaban J connectivity index is 1.37. The van der Waals surface area contributed by atoms with Crippen LogP contribution in [-0.2, 0) is 27.3 Å². The van der Waals surface area contributed by atoms with E-state index in [9.17, 15) is 19.2 Å². The van der Waals surface area contributed by atoms with Crippen molar-refractivity contribution in [1.29, 1.82) is 0 Å². The van der Waals surface area contributed by atoms with Crippen molar-refractivity contribution in [2.75, 3.05) is 6.54 Å². The lowest BCUT2D eigenvalue weighted by atomic mass is 9.93. The molecule has 1 atom stereocenters. The largest absolute Gasteiger partial charge is 0.368 e. The molecule has 1 saturated carbocycles. The molecule has 1 spiro atoms. The van der Waals surface area contributed by atoms with Crippen LogP contribution in [-0.4, -0.2) is 51.7 Å². The van der Waals surface area contributed by atoms with Crippen LogP contribution in [0.2, 0.25) is 0 Å². The Morgan fingerprint density at radius 2 is 1.83 bits per heavy atom. The maximum absolute atomic E-state index is 12.8. The Kier molecular flexibility index (Phi) is 5.02. The summed E-state index contributed by atoms with van der Waals surface area (Å²) in [4.78, 5) is 52.4. The molecule has 1 aromatic carbocycles. The van der Waals surface area contributed by atoms with E-state index in [1.807, 2.05) is 24.3 Å². The summed E-state index contributed by atoms with van der Waals surface area (Å²) in [5.74, 6) is -0.884. The Hall–Kier alpha value is -2.90. The first-order chi connectivity index (χ1) is 13.9. The van der Waals surface area contributed by atoms with Crippen LogP contribution in [0.15, 0.2) is 24.3 Å². The zero-order chi connectivity index (χ0) is 20.6. The highest BCUT2D eigenvalue weighted by Gasteiger charge is 2.52. The zero-order valence-electron chi connectivity index (χ0n) is 16.4. The second-order valence-electron chi connectivity index (χ2n) is 8.19. The molecular weight excluding hydrogens is 372 g/mol. The van der Waals surface area contributed by atoms with E-state index in [0.29, 0.717) is 32.2 Å². The molecule has 1 saturated heterocycles. The summed E-state index contributed by atoms with van der Waals surface area (Å²) in [6.45, 7) is 0.540. The molecule has 0 unspecified atom stereocenters. The molecule has 0 aromatic heterocycles. The average Bonchev–Trinajstić information content (AvgIpc) is 3.27. The second kappa shape index (κ2) is 7.50. The van der Waals surface area contributed by atoms with Crippen molar-refractivity contribution in [1.82, 2.24) is 15.1 Å². The molecule has 4 rings (SSSR count). The SMILES string of the molecule is NC(=O)[C@@H]1Cc2ccccc2CN1C(=O)CCCN1C(=O)NC2(CCCC2)C1=O. The van der Waals surface area contributed by atoms with Gasteiger partial charge in [0.25, 0.3) is 5.91 Å². The van der Waals surface area contributed by atoms with Crippen LogP contribution in [0.3, 0.4) is 0 Å². The van der Waals surface area contributed by atoms with Gasteiger partial charge in [0, 0.05) is 25.9 Å². The van der Waals surface area contributed by atoms with Gasteiger partial charge in [-0.3, -0.25) is 19.3 Å². The van der Waals surface area contributed by atoms with E-state index in [4.69, 9.17) is 5.73 Å². The van der Waals surface area contributed by atoms with Crippen LogP contribution in [0.1, 0.15) is 49.7 Å². The standard InChI is InChI=1S/C21H26N4O4/c22-18(27)16-12-14-6-1-2-7-15(14)13-25(16)17(26)8-5-11-24-19(28)21(23-20(24)29)9-3-4-10-21/h1-2,6-7,16H,3-5,8-13H2,(H2,22,27)(H,23,29)/t16-/m0/s1. The van der Waals surface area contributed by atoms with Crippen LogP contribution in [0.25, 0.3) is 0 Å². The van der Waals surface area contributed by atoms with E-state index in [2.05, 4.69) is 5.32 Å². The van der Waals surface area contributed by atoms with E-state index >= 15 is 0 Å². The monoisotopic (exact) mass is 398 g/mol. The number of nitrogens with zero attached hydrogens (tertiary/aromatic N) is 2. The predicted molar refractivity (Wildman–Crippen MR) is 104 cm³/mol. The second-order valence-corrected chi connectivity index (χ2v) is 8.19. The smallest absolute Gasteiger partial charge is 0.325 e. The van der Waals surface area contributed by atoms with Crippen LogP contribution in [0.5, 0.6) is 0 Å². The summed E-state index contributed by atoms with van der Waals surface area (Å²) in [5, 5.41) is 2.84. The fraction of sp³-hybridized carbons (Fsp3) is 0.524. The normalized spacial score (nSPS) is 22.7. The Labute approximate surface area is 169 Å². The van der Waals surface area contributed by atoms with Crippen molar-refractivity contribution in [3.8, 4) is 0 Å². The van der Waals surface area contributed by atoms with Crippen molar-refractivity contribution < 1.29 is 19.2 Å². The molecule has 3 aliphatic rings. The molecule has 1 aliphatic carbocycles. The molecule has 3 N–H and O–H groups in total. The predicted octanol–water partition coefficient (Wildman–Crippen LogP) is 1.07. The number of primary amides is 1. The molecule has 29 heavy (non-hydrogen) atoms. The van der Waals surface area contributed by atoms with Crippen LogP contribution in [0, 0.1) is 0 Å². The van der Waals surface area contributed by atoms with Crippen molar-refractivity contribution in [3.05, 3.63) is 35.4 Å². The summed E-state index contributed by atoms with van der Waals surface area (Å²) in [5.41, 5.74) is 6.86. The minimum atomic E-state index is -0.727. The van der Waals surface area contributed by atoms with E-state index < -0.39 is 17.5 Å². The molecule has 5 amide bonds. The zero-order valence-corrected chi connectivity index (χ0v) is 16.4. The number of carbonyl (C=O) groups excluding carboxylic acids is 4. The molecule has 154 valence electrons. The van der Waals surface area contributed by atoms with Crippen molar-refractivity contribution >= 4 is 23.8 Å². The van der Waals surface area contributed by atoms with Gasteiger partial charge in [0.15, 0.2) is 0 Å². The number of benzene rings is 1. The topological polar surface area (TPSA) is 113 Å². The first-order valence-corrected chi connectivity index (χ1v) is 10.2. The molecule has 2 heterocycles. The lowest BCUT2D eigenvalue weighted by molar-refractivity contribution is -0.141. The molecule has 0 radical (unpaired) electrons. The lowest BCUT2D eigenvalue weighted by Gasteiger charge is -2.35. The van der Waals surface area contributed by atoms with Crippen LogP contribution in [0.4, 0.5) is 4.79 Å². The summed E-state index contributed by atoms with van der Waals surface area (Å²) in [6, 6.07) is 6.67. The maximum Gasteiger partial charge on any atom is 0.325 e. The first-order valence-electron chi connectivity index (χ1n) is 10.2. The van der Waals surface area contributed by atoms with Crippen molar-refractivity contribution in [2.45, 2.75) is 63.1 Å². The Morgan fingerprint density at radius 3 is 2.52 bits per heavy atom. The quantitative estimate of drug-likeness (QED) is 0.722. The van der Waals surface area contributed by atoms with Gasteiger partial charge in [-0.1, -0.05) is 37.1 Å². The average molecular weight is 398 g/mol. The number of carbonyl (C=O) groups is 4. The van der Waals surface area contributed by atoms with E-state index in [1.165, 1.54) is 9.80 Å². The number of amides is 5. The van der Waals surface area contributed by atoms with Gasteiger partial charge in [0.1, 0.15) is 11.6 Å². The number of hydrogen-bond donors (Lipinski definition) is 2. The number of rotatable bonds is 5. The van der Waals surface area contributed by atoms with Crippen LogP contribution >= 0.6 is 0 Å². The fourth-order valence-electron chi connectivity index (χ4n) is 4.77. The van der Waals surface area contributed by atoms with Gasteiger partial charge in [-0.25, -0.2) is 4.79 Å². The lowest BCUT2D eigenvalue weighted by Crippen LogP contribution is -2.51. The van der Waals surface area contributed by atoms with Gasteiger partial charge < -0.3 is 16.0 Å². The van der Waals surface area contributed by atoms with Gasteiger partial charge in [0.05, 0.1) is 0 Å². The molecule has 1 aromatic rings. The van der Waals surface area contributed by atoms with Gasteiger partial charge >= 0.3 is 6.03 Å². The Bertz CT molecular complexity index is 862. The molecule has 8 heteroatoms. The van der Waals surface area contributed by atoms with Gasteiger partial charge in [0.2, 0.25) is 11.8 Å².